The predicted molar refractivity (Wildman–Crippen MR) is 77.2 cm³/mol. The topological polar surface area (TPSA) is 58.6 Å². The van der Waals surface area contributed by atoms with Crippen LogP contribution in [0.5, 0.6) is 0 Å². The van der Waals surface area contributed by atoms with Crippen LogP contribution in [0.4, 0.5) is 5.95 Å². The zero-order valence-corrected chi connectivity index (χ0v) is 12.1. The van der Waals surface area contributed by atoms with Gasteiger partial charge in [0.25, 0.3) is 5.91 Å². The Morgan fingerprint density at radius 3 is 2.90 bits per heavy atom. The Hall–Kier alpha value is -1.69. The lowest BCUT2D eigenvalue weighted by Crippen LogP contribution is -2.32. The normalized spacial score (nSPS) is 25.0. The van der Waals surface area contributed by atoms with Crippen molar-refractivity contribution in [2.24, 2.45) is 0 Å². The fourth-order valence-corrected chi connectivity index (χ4v) is 3.38. The molecule has 3 aliphatic heterocycles. The summed E-state index contributed by atoms with van der Waals surface area (Å²) < 4.78 is 5.63. The van der Waals surface area contributed by atoms with E-state index in [0.717, 1.165) is 44.2 Å². The Morgan fingerprint density at radius 2 is 2.14 bits per heavy atom. The summed E-state index contributed by atoms with van der Waals surface area (Å²) in [5.74, 6) is 0.825. The van der Waals surface area contributed by atoms with Crippen LogP contribution in [-0.2, 0) is 11.3 Å². The summed E-state index contributed by atoms with van der Waals surface area (Å²) in [5, 5.41) is 0. The molecule has 0 aromatic carbocycles. The SMILES string of the molecule is O=C1c2cnc(N3CCCC3)nc2CN1C[C@@H]1CCCO1. The van der Waals surface area contributed by atoms with E-state index in [9.17, 15) is 4.79 Å². The van der Waals surface area contributed by atoms with Crippen molar-refractivity contribution in [1.82, 2.24) is 14.9 Å². The molecule has 1 aromatic rings. The molecule has 1 amide bonds. The number of nitrogens with zero attached hydrogens (tertiary/aromatic N) is 4. The van der Waals surface area contributed by atoms with Crippen LogP contribution in [0.15, 0.2) is 6.20 Å². The Bertz CT molecular complexity index is 551. The maximum atomic E-state index is 12.4. The van der Waals surface area contributed by atoms with Crippen molar-refractivity contribution in [3.05, 3.63) is 17.5 Å². The van der Waals surface area contributed by atoms with Gasteiger partial charge in [-0.2, -0.15) is 0 Å². The number of carbonyl (C=O) groups is 1. The fourth-order valence-electron chi connectivity index (χ4n) is 3.38. The summed E-state index contributed by atoms with van der Waals surface area (Å²) in [6.45, 7) is 4.13. The molecule has 2 saturated heterocycles. The second-order valence-electron chi connectivity index (χ2n) is 6.05. The highest BCUT2D eigenvalue weighted by molar-refractivity contribution is 5.97. The largest absolute Gasteiger partial charge is 0.376 e. The summed E-state index contributed by atoms with van der Waals surface area (Å²) in [6, 6.07) is 0. The number of anilines is 1. The van der Waals surface area contributed by atoms with Crippen molar-refractivity contribution in [3.8, 4) is 0 Å². The van der Waals surface area contributed by atoms with Crippen LogP contribution in [0, 0.1) is 0 Å². The summed E-state index contributed by atoms with van der Waals surface area (Å²) in [4.78, 5) is 25.5. The molecular weight excluding hydrogens is 268 g/mol. The molecule has 0 unspecified atom stereocenters. The third kappa shape index (κ3) is 2.37. The number of hydrogen-bond donors (Lipinski definition) is 0. The Kier molecular flexibility index (Phi) is 3.25. The molecule has 1 atom stereocenters. The predicted octanol–water partition coefficient (Wildman–Crippen LogP) is 1.21. The first-order valence-electron chi connectivity index (χ1n) is 7.83. The van der Waals surface area contributed by atoms with E-state index in [4.69, 9.17) is 4.74 Å². The number of ether oxygens (including phenoxy) is 1. The minimum Gasteiger partial charge on any atom is -0.376 e. The van der Waals surface area contributed by atoms with Gasteiger partial charge in [0.1, 0.15) is 0 Å². The minimum atomic E-state index is 0.0495. The van der Waals surface area contributed by atoms with Gasteiger partial charge in [0, 0.05) is 32.4 Å². The van der Waals surface area contributed by atoms with Crippen molar-refractivity contribution in [2.45, 2.75) is 38.3 Å². The molecule has 6 heteroatoms. The monoisotopic (exact) mass is 288 g/mol. The number of rotatable bonds is 3. The van der Waals surface area contributed by atoms with Crippen LogP contribution in [0.25, 0.3) is 0 Å². The van der Waals surface area contributed by atoms with E-state index in [2.05, 4.69) is 14.9 Å². The van der Waals surface area contributed by atoms with Crippen molar-refractivity contribution < 1.29 is 9.53 Å². The molecular formula is C15H20N4O2. The zero-order chi connectivity index (χ0) is 14.2. The number of fused-ring (bicyclic) bond motifs is 1. The van der Waals surface area contributed by atoms with Gasteiger partial charge < -0.3 is 14.5 Å². The minimum absolute atomic E-state index is 0.0495. The molecule has 4 heterocycles. The van der Waals surface area contributed by atoms with Crippen LogP contribution in [0.2, 0.25) is 0 Å². The Balaban J connectivity index is 1.51. The quantitative estimate of drug-likeness (QED) is 0.837. The van der Waals surface area contributed by atoms with Crippen LogP contribution in [-0.4, -0.2) is 53.1 Å². The zero-order valence-electron chi connectivity index (χ0n) is 12.1. The second kappa shape index (κ2) is 5.26. The highest BCUT2D eigenvalue weighted by Crippen LogP contribution is 2.25. The molecule has 0 N–H and O–H groups in total. The Morgan fingerprint density at radius 1 is 1.29 bits per heavy atom. The summed E-state index contributed by atoms with van der Waals surface area (Å²) in [5.41, 5.74) is 1.53. The van der Waals surface area contributed by atoms with E-state index < -0.39 is 0 Å². The fraction of sp³-hybridized carbons (Fsp3) is 0.667. The molecule has 2 fully saturated rings. The molecule has 0 bridgehead atoms. The lowest BCUT2D eigenvalue weighted by atomic mass is 10.2. The molecule has 0 saturated carbocycles. The van der Waals surface area contributed by atoms with Gasteiger partial charge in [0.05, 0.1) is 23.9 Å². The average Bonchev–Trinajstić information content (AvgIpc) is 3.22. The van der Waals surface area contributed by atoms with Gasteiger partial charge in [-0.1, -0.05) is 0 Å². The van der Waals surface area contributed by atoms with Crippen molar-refractivity contribution >= 4 is 11.9 Å². The van der Waals surface area contributed by atoms with Gasteiger partial charge in [0.2, 0.25) is 5.95 Å². The van der Waals surface area contributed by atoms with Gasteiger partial charge in [-0.3, -0.25) is 4.79 Å². The first-order valence-corrected chi connectivity index (χ1v) is 7.83. The van der Waals surface area contributed by atoms with E-state index in [0.29, 0.717) is 18.7 Å². The first kappa shape index (κ1) is 13.0. The molecule has 112 valence electrons. The Labute approximate surface area is 124 Å². The van der Waals surface area contributed by atoms with Crippen LogP contribution < -0.4 is 4.90 Å². The lowest BCUT2D eigenvalue weighted by Gasteiger charge is -2.19. The number of hydrogen-bond acceptors (Lipinski definition) is 5. The lowest BCUT2D eigenvalue weighted by molar-refractivity contribution is 0.0544. The van der Waals surface area contributed by atoms with Crippen LogP contribution in [0.3, 0.4) is 0 Å². The van der Waals surface area contributed by atoms with Gasteiger partial charge in [0.15, 0.2) is 0 Å². The number of amides is 1. The molecule has 3 aliphatic rings. The van der Waals surface area contributed by atoms with E-state index in [1.54, 1.807) is 6.20 Å². The highest BCUT2D eigenvalue weighted by Gasteiger charge is 2.32. The van der Waals surface area contributed by atoms with E-state index in [1.807, 2.05) is 4.90 Å². The van der Waals surface area contributed by atoms with Crippen molar-refractivity contribution in [3.63, 3.8) is 0 Å². The van der Waals surface area contributed by atoms with Crippen LogP contribution in [0.1, 0.15) is 41.7 Å². The number of aromatic nitrogens is 2. The average molecular weight is 288 g/mol. The maximum absolute atomic E-state index is 12.4. The molecule has 6 nitrogen and oxygen atoms in total. The standard InChI is InChI=1S/C15H20N4O2/c20-14-12-8-16-15(18-5-1-2-6-18)17-13(12)10-19(14)9-11-4-3-7-21-11/h8,11H,1-7,9-10H2/t11-/m0/s1. The van der Waals surface area contributed by atoms with Gasteiger partial charge in [-0.05, 0) is 25.7 Å². The third-order valence-corrected chi connectivity index (χ3v) is 4.55. The van der Waals surface area contributed by atoms with Gasteiger partial charge in [-0.25, -0.2) is 9.97 Å². The van der Waals surface area contributed by atoms with Crippen LogP contribution >= 0.6 is 0 Å². The van der Waals surface area contributed by atoms with E-state index in [-0.39, 0.29) is 12.0 Å². The summed E-state index contributed by atoms with van der Waals surface area (Å²) in [7, 11) is 0. The summed E-state index contributed by atoms with van der Waals surface area (Å²) in [6.07, 6.45) is 6.43. The van der Waals surface area contributed by atoms with E-state index in [1.165, 1.54) is 12.8 Å². The van der Waals surface area contributed by atoms with Crippen molar-refractivity contribution in [1.29, 1.82) is 0 Å². The maximum Gasteiger partial charge on any atom is 0.257 e. The third-order valence-electron chi connectivity index (χ3n) is 4.55. The molecule has 0 spiro atoms. The smallest absolute Gasteiger partial charge is 0.257 e. The number of carbonyl (C=O) groups excluding carboxylic acids is 1. The molecule has 21 heavy (non-hydrogen) atoms. The highest BCUT2D eigenvalue weighted by atomic mass is 16.5. The van der Waals surface area contributed by atoms with Gasteiger partial charge in [-0.15, -0.1) is 0 Å². The molecule has 4 rings (SSSR count). The van der Waals surface area contributed by atoms with E-state index >= 15 is 0 Å². The van der Waals surface area contributed by atoms with Crippen molar-refractivity contribution in [2.75, 3.05) is 31.1 Å². The molecule has 0 radical (unpaired) electrons. The summed E-state index contributed by atoms with van der Waals surface area (Å²) >= 11 is 0. The second-order valence-corrected chi connectivity index (χ2v) is 6.05. The first-order chi connectivity index (χ1) is 10.3. The molecule has 0 aliphatic carbocycles. The van der Waals surface area contributed by atoms with Gasteiger partial charge >= 0.3 is 0 Å². The molecule has 1 aromatic heterocycles.